The van der Waals surface area contributed by atoms with E-state index < -0.39 is 11.4 Å². The van der Waals surface area contributed by atoms with Crippen LogP contribution in [0, 0.1) is 5.82 Å². The van der Waals surface area contributed by atoms with Crippen LogP contribution in [0.15, 0.2) is 12.1 Å². The van der Waals surface area contributed by atoms with Crippen LogP contribution >= 0.6 is 11.6 Å². The molecule has 1 aromatic rings. The van der Waals surface area contributed by atoms with Gasteiger partial charge in [0.2, 0.25) is 0 Å². The normalized spacial score (nSPS) is 18.8. The van der Waals surface area contributed by atoms with E-state index in [1.165, 1.54) is 13.2 Å². The third-order valence-electron chi connectivity index (χ3n) is 3.27. The molecule has 2 rings (SSSR count). The molecule has 0 spiro atoms. The monoisotopic (exact) mass is 243 g/mol. The quantitative estimate of drug-likeness (QED) is 0.866. The minimum absolute atomic E-state index is 0.0898. The van der Waals surface area contributed by atoms with Crippen LogP contribution < -0.4 is 10.5 Å². The van der Waals surface area contributed by atoms with Crippen molar-refractivity contribution < 1.29 is 9.13 Å². The maximum absolute atomic E-state index is 13.7. The summed E-state index contributed by atoms with van der Waals surface area (Å²) >= 11 is 5.95. The van der Waals surface area contributed by atoms with Gasteiger partial charge in [-0.2, -0.15) is 0 Å². The van der Waals surface area contributed by atoms with Gasteiger partial charge in [0.15, 0.2) is 11.6 Å². The summed E-state index contributed by atoms with van der Waals surface area (Å²) in [6, 6.07) is 3.16. The van der Waals surface area contributed by atoms with E-state index in [9.17, 15) is 4.39 Å². The minimum Gasteiger partial charge on any atom is -0.492 e. The van der Waals surface area contributed by atoms with Gasteiger partial charge in [-0.25, -0.2) is 4.39 Å². The highest BCUT2D eigenvalue weighted by molar-refractivity contribution is 6.32. The molecule has 0 saturated heterocycles. The van der Waals surface area contributed by atoms with Gasteiger partial charge in [0.1, 0.15) is 0 Å². The lowest BCUT2D eigenvalue weighted by atomic mass is 9.89. The number of rotatable bonds is 2. The van der Waals surface area contributed by atoms with Gasteiger partial charge in [-0.3, -0.25) is 0 Å². The molecule has 0 aromatic heterocycles. The highest BCUT2D eigenvalue weighted by atomic mass is 35.5. The van der Waals surface area contributed by atoms with E-state index in [-0.39, 0.29) is 10.8 Å². The van der Waals surface area contributed by atoms with Crippen molar-refractivity contribution in [2.45, 2.75) is 31.2 Å². The maximum Gasteiger partial charge on any atom is 0.173 e. The third kappa shape index (κ3) is 1.89. The Balaban J connectivity index is 2.43. The Hall–Kier alpha value is -0.800. The fourth-order valence-corrected chi connectivity index (χ4v) is 2.62. The first-order valence-corrected chi connectivity index (χ1v) is 5.77. The lowest BCUT2D eigenvalue weighted by Gasteiger charge is -2.24. The van der Waals surface area contributed by atoms with Crippen molar-refractivity contribution in [2.75, 3.05) is 7.11 Å². The van der Waals surface area contributed by atoms with Gasteiger partial charge in [-0.15, -0.1) is 0 Å². The second-order valence-electron chi connectivity index (χ2n) is 4.34. The molecule has 2 N–H and O–H groups in total. The fourth-order valence-electron chi connectivity index (χ4n) is 2.34. The van der Waals surface area contributed by atoms with Gasteiger partial charge < -0.3 is 10.5 Å². The van der Waals surface area contributed by atoms with Crippen LogP contribution in [0.5, 0.6) is 5.75 Å². The van der Waals surface area contributed by atoms with Crippen LogP contribution in [0.3, 0.4) is 0 Å². The highest BCUT2D eigenvalue weighted by Crippen LogP contribution is 2.39. The Morgan fingerprint density at radius 2 is 2.00 bits per heavy atom. The number of methoxy groups -OCH3 is 1. The Kier molecular flexibility index (Phi) is 3.08. The second kappa shape index (κ2) is 4.22. The topological polar surface area (TPSA) is 35.2 Å². The molecule has 1 saturated carbocycles. The van der Waals surface area contributed by atoms with E-state index in [1.807, 2.05) is 0 Å². The van der Waals surface area contributed by atoms with Crippen molar-refractivity contribution >= 4 is 11.6 Å². The molecule has 4 heteroatoms. The molecule has 2 nitrogen and oxygen atoms in total. The number of nitrogens with two attached hydrogens (primary N) is 1. The number of ether oxygens (including phenoxy) is 1. The molecule has 0 amide bonds. The number of hydrogen-bond acceptors (Lipinski definition) is 2. The summed E-state index contributed by atoms with van der Waals surface area (Å²) in [5.74, 6) is -0.353. The molecule has 0 radical (unpaired) electrons. The number of halogens is 2. The molecule has 1 aliphatic rings. The van der Waals surface area contributed by atoms with Crippen molar-refractivity contribution in [3.63, 3.8) is 0 Å². The summed E-state index contributed by atoms with van der Waals surface area (Å²) in [7, 11) is 1.40. The van der Waals surface area contributed by atoms with Gasteiger partial charge in [0.25, 0.3) is 0 Å². The third-order valence-corrected chi connectivity index (χ3v) is 3.55. The molecule has 0 bridgehead atoms. The second-order valence-corrected chi connectivity index (χ2v) is 4.74. The summed E-state index contributed by atoms with van der Waals surface area (Å²) in [5, 5.41) is 0.286. The smallest absolute Gasteiger partial charge is 0.173 e. The lowest BCUT2D eigenvalue weighted by molar-refractivity contribution is 0.383. The summed E-state index contributed by atoms with van der Waals surface area (Å²) in [6.45, 7) is 0. The Labute approximate surface area is 99.5 Å². The van der Waals surface area contributed by atoms with Gasteiger partial charge in [-0.1, -0.05) is 24.4 Å². The zero-order valence-electron chi connectivity index (χ0n) is 9.22. The van der Waals surface area contributed by atoms with E-state index in [1.54, 1.807) is 6.07 Å². The van der Waals surface area contributed by atoms with Gasteiger partial charge >= 0.3 is 0 Å². The molecule has 16 heavy (non-hydrogen) atoms. The largest absolute Gasteiger partial charge is 0.492 e. The summed E-state index contributed by atoms with van der Waals surface area (Å²) in [5.41, 5.74) is 6.60. The van der Waals surface area contributed by atoms with Crippen molar-refractivity contribution in [1.29, 1.82) is 0 Å². The molecule has 1 aliphatic carbocycles. The summed E-state index contributed by atoms with van der Waals surface area (Å²) in [6.07, 6.45) is 3.94. The van der Waals surface area contributed by atoms with Crippen LogP contribution in [0.25, 0.3) is 0 Å². The molecule has 1 fully saturated rings. The molecular weight excluding hydrogens is 229 g/mol. The van der Waals surface area contributed by atoms with Crippen LogP contribution in [-0.4, -0.2) is 7.11 Å². The predicted octanol–water partition coefficient (Wildman–Crippen LogP) is 3.22. The van der Waals surface area contributed by atoms with E-state index in [0.717, 1.165) is 31.2 Å². The predicted molar refractivity (Wildman–Crippen MR) is 62.3 cm³/mol. The lowest BCUT2D eigenvalue weighted by Crippen LogP contribution is -2.33. The number of hydrogen-bond donors (Lipinski definition) is 1. The van der Waals surface area contributed by atoms with E-state index in [0.29, 0.717) is 0 Å². The van der Waals surface area contributed by atoms with Crippen LogP contribution in [-0.2, 0) is 5.54 Å². The first-order valence-electron chi connectivity index (χ1n) is 5.39. The van der Waals surface area contributed by atoms with Gasteiger partial charge in [-0.05, 0) is 30.5 Å². The molecule has 1 aromatic carbocycles. The Bertz CT molecular complexity index is 379. The highest BCUT2D eigenvalue weighted by Gasteiger charge is 2.32. The van der Waals surface area contributed by atoms with Crippen LogP contribution in [0.4, 0.5) is 4.39 Å². The summed E-state index contributed by atoms with van der Waals surface area (Å²) < 4.78 is 18.5. The molecule has 88 valence electrons. The average molecular weight is 244 g/mol. The van der Waals surface area contributed by atoms with Gasteiger partial charge in [0, 0.05) is 5.54 Å². The first-order chi connectivity index (χ1) is 7.57. The minimum atomic E-state index is -0.443. The Morgan fingerprint density at radius 3 is 2.50 bits per heavy atom. The number of benzene rings is 1. The van der Waals surface area contributed by atoms with E-state index >= 15 is 0 Å². The first kappa shape index (κ1) is 11.7. The van der Waals surface area contributed by atoms with Crippen molar-refractivity contribution in [3.05, 3.63) is 28.5 Å². The zero-order chi connectivity index (χ0) is 11.8. The van der Waals surface area contributed by atoms with E-state index in [2.05, 4.69) is 0 Å². The Morgan fingerprint density at radius 1 is 1.38 bits per heavy atom. The van der Waals surface area contributed by atoms with E-state index in [4.69, 9.17) is 22.1 Å². The fraction of sp³-hybridized carbons (Fsp3) is 0.500. The van der Waals surface area contributed by atoms with Crippen LogP contribution in [0.1, 0.15) is 31.2 Å². The molecule has 0 unspecified atom stereocenters. The summed E-state index contributed by atoms with van der Waals surface area (Å²) in [4.78, 5) is 0. The standard InChI is InChI=1S/C12H15ClFNO/c1-16-11-9(13)6-8(7-10(11)14)12(15)4-2-3-5-12/h6-7H,2-5,15H2,1H3. The molecule has 0 atom stereocenters. The molecule has 0 heterocycles. The van der Waals surface area contributed by atoms with Crippen molar-refractivity contribution in [3.8, 4) is 5.75 Å². The molecule has 0 aliphatic heterocycles. The SMILES string of the molecule is COc1c(F)cc(C2(N)CCCC2)cc1Cl. The maximum atomic E-state index is 13.7. The van der Waals surface area contributed by atoms with Crippen molar-refractivity contribution in [1.82, 2.24) is 0 Å². The van der Waals surface area contributed by atoms with Crippen molar-refractivity contribution in [2.24, 2.45) is 5.73 Å². The average Bonchev–Trinajstić information content (AvgIpc) is 2.66. The zero-order valence-corrected chi connectivity index (χ0v) is 9.98. The van der Waals surface area contributed by atoms with Crippen LogP contribution in [0.2, 0.25) is 5.02 Å². The molecular formula is C12H15ClFNO. The van der Waals surface area contributed by atoms with Gasteiger partial charge in [0.05, 0.1) is 12.1 Å².